The van der Waals surface area contributed by atoms with E-state index in [1.54, 1.807) is 0 Å². The molecule has 20 valence electrons. The van der Waals surface area contributed by atoms with Crippen molar-refractivity contribution in [3.63, 3.8) is 0 Å². The molecule has 0 aliphatic heterocycles. The van der Waals surface area contributed by atoms with Gasteiger partial charge in [-0.25, -0.2) is 0 Å². The Kier molecular flexibility index (Phi) is 127. The molecular weight excluding hydrogens is 124 g/mol. The van der Waals surface area contributed by atoms with Gasteiger partial charge in [-0.05, 0) is 0 Å². The van der Waals surface area contributed by atoms with Crippen LogP contribution in [-0.2, 0) is 21.7 Å². The predicted octanol–water partition coefficient (Wildman–Crippen LogP) is -1.20. The molecule has 0 spiro atoms. The molecule has 0 fully saturated rings. The monoisotopic (exact) mass is 132 g/mol. The minimum atomic E-state index is 0. The van der Waals surface area contributed by atoms with Gasteiger partial charge < -0.3 is 0 Å². The van der Waals surface area contributed by atoms with Gasteiger partial charge in [0.15, 0.2) is 0 Å². The fourth-order valence-corrected chi connectivity index (χ4v) is 0. The number of hydrogen-bond acceptors (Lipinski definition) is 0. The van der Waals surface area contributed by atoms with Crippen molar-refractivity contribution < 1.29 is 21.7 Å². The molecule has 4 heavy (non-hydrogen) atoms. The van der Waals surface area contributed by atoms with Crippen LogP contribution in [0.2, 0.25) is 0 Å². The molecule has 0 bridgehead atoms. The number of rotatable bonds is 0. The molecule has 0 atom stereocenters. The molecule has 0 amide bonds. The zero-order valence-corrected chi connectivity index (χ0v) is 2.06. The van der Waals surface area contributed by atoms with Crippen molar-refractivity contribution in [1.82, 2.24) is 0 Å². The average Bonchev–Trinajstić information content (AvgIpc) is 0. The van der Waals surface area contributed by atoms with Gasteiger partial charge in [0.25, 0.3) is 0 Å². The average molecular weight is 132 g/mol. The van der Waals surface area contributed by atoms with Crippen LogP contribution in [0.5, 0.6) is 0 Å². The first-order valence-electron chi connectivity index (χ1n) is 0. The summed E-state index contributed by atoms with van der Waals surface area (Å²) in [5.41, 5.74) is 0. The molecule has 0 N–H and O–H groups in total. The van der Waals surface area contributed by atoms with Gasteiger partial charge in [0.05, 0.1) is 0 Å². The second-order valence-electron chi connectivity index (χ2n) is 0. The molecule has 0 aliphatic rings. The van der Waals surface area contributed by atoms with Crippen molar-refractivity contribution in [2.75, 3.05) is 0 Å². The Bertz CT molecular complexity index is 8.00. The van der Waals surface area contributed by atoms with Crippen LogP contribution in [0.4, 0.5) is 0 Å². The van der Waals surface area contributed by atoms with Crippen LogP contribution in [0.1, 0.15) is 7.43 Å². The van der Waals surface area contributed by atoms with E-state index in [-0.39, 0.29) is 89.9 Å². The third-order valence-corrected chi connectivity index (χ3v) is 0. The molecule has 0 rings (SSSR count). The van der Waals surface area contributed by atoms with Gasteiger partial charge in [-0.1, -0.05) is 7.43 Å². The van der Waals surface area contributed by atoms with Crippen LogP contribution in [0.15, 0.2) is 0 Å². The van der Waals surface area contributed by atoms with E-state index in [0.29, 0.717) is 0 Å². The molecular formula is CH8CaMgTi. The summed E-state index contributed by atoms with van der Waals surface area (Å²) < 4.78 is 0. The largest absolute Gasteiger partial charge is 0.316 e. The first-order valence-corrected chi connectivity index (χ1v) is 0. The number of hydrogen-bond donors (Lipinski definition) is 0. The van der Waals surface area contributed by atoms with Crippen LogP contribution in [0.3, 0.4) is 0 Å². The van der Waals surface area contributed by atoms with Gasteiger partial charge in [-0.3, -0.25) is 0 Å². The fraction of sp³-hybridized carbons (Fsp3) is 1.00. The van der Waals surface area contributed by atoms with Gasteiger partial charge in [-0.2, -0.15) is 0 Å². The van der Waals surface area contributed by atoms with E-state index in [1.807, 2.05) is 0 Å². The standard InChI is InChI=1S/CH4.Ca.Mg.Ti.4H/h1H4;;;;;;;. The molecule has 0 saturated heterocycles. The van der Waals surface area contributed by atoms with Gasteiger partial charge >= 0.3 is 60.8 Å². The molecule has 0 unspecified atom stereocenters. The molecule has 0 nitrogen and oxygen atoms in total. The Morgan fingerprint density at radius 1 is 1.00 bits per heavy atom. The van der Waals surface area contributed by atoms with Gasteiger partial charge in [0, 0.05) is 21.7 Å². The Hall–Kier alpha value is 2.74. The summed E-state index contributed by atoms with van der Waals surface area (Å²) in [4.78, 5) is 0. The molecule has 0 aliphatic carbocycles. The predicted molar refractivity (Wildman–Crippen MR) is 23.8 cm³/mol. The van der Waals surface area contributed by atoms with Crippen molar-refractivity contribution in [2.45, 2.75) is 7.43 Å². The van der Waals surface area contributed by atoms with E-state index < -0.39 is 0 Å². The van der Waals surface area contributed by atoms with Crippen molar-refractivity contribution >= 4 is 60.8 Å². The molecule has 0 aromatic heterocycles. The van der Waals surface area contributed by atoms with Crippen LogP contribution in [-0.4, -0.2) is 60.8 Å². The van der Waals surface area contributed by atoms with E-state index in [9.17, 15) is 0 Å². The molecule has 3 heteroatoms. The van der Waals surface area contributed by atoms with Crippen LogP contribution < -0.4 is 0 Å². The maximum atomic E-state index is 0. The van der Waals surface area contributed by atoms with Gasteiger partial charge in [0.2, 0.25) is 0 Å². The molecule has 0 aromatic carbocycles. The summed E-state index contributed by atoms with van der Waals surface area (Å²) >= 11 is 0. The minimum absolute atomic E-state index is 0. The van der Waals surface area contributed by atoms with Crippen LogP contribution in [0, 0.1) is 0 Å². The third kappa shape index (κ3) is 8.83. The Labute approximate surface area is 88.1 Å². The summed E-state index contributed by atoms with van der Waals surface area (Å²) in [7, 11) is 0. The second-order valence-corrected chi connectivity index (χ2v) is 0. The zero-order valence-electron chi connectivity index (χ0n) is 0.500. The van der Waals surface area contributed by atoms with Crippen molar-refractivity contribution in [3.8, 4) is 0 Å². The quantitative estimate of drug-likeness (QED) is 0.363. The van der Waals surface area contributed by atoms with E-state index in [4.69, 9.17) is 0 Å². The van der Waals surface area contributed by atoms with Crippen molar-refractivity contribution in [3.05, 3.63) is 0 Å². The zero-order chi connectivity index (χ0) is 0. The maximum absolute atomic E-state index is 0. The summed E-state index contributed by atoms with van der Waals surface area (Å²) in [6.45, 7) is 0. The van der Waals surface area contributed by atoms with Gasteiger partial charge in [0.1, 0.15) is 0 Å². The fourth-order valence-electron chi connectivity index (χ4n) is 0. The SMILES string of the molecule is C.[CaH2].[MgH2].[Ti]. The first-order chi connectivity index (χ1) is 0. The topological polar surface area (TPSA) is 0 Å². The molecule has 0 heterocycles. The van der Waals surface area contributed by atoms with E-state index >= 15 is 0 Å². The summed E-state index contributed by atoms with van der Waals surface area (Å²) in [6, 6.07) is 0. The molecule has 0 radical (unpaired) electrons. The summed E-state index contributed by atoms with van der Waals surface area (Å²) in [5, 5.41) is 0. The van der Waals surface area contributed by atoms with Crippen molar-refractivity contribution in [2.24, 2.45) is 0 Å². The Balaban J connectivity index is 0. The Morgan fingerprint density at radius 2 is 1.00 bits per heavy atom. The van der Waals surface area contributed by atoms with Crippen LogP contribution >= 0.6 is 0 Å². The van der Waals surface area contributed by atoms with E-state index in [2.05, 4.69) is 0 Å². The Morgan fingerprint density at radius 3 is 1.00 bits per heavy atom. The summed E-state index contributed by atoms with van der Waals surface area (Å²) in [6.07, 6.45) is 0. The third-order valence-electron chi connectivity index (χ3n) is 0. The smallest absolute Gasteiger partial charge is 0 e. The van der Waals surface area contributed by atoms with Gasteiger partial charge in [-0.15, -0.1) is 0 Å². The van der Waals surface area contributed by atoms with Crippen LogP contribution in [0.25, 0.3) is 0 Å². The second kappa shape index (κ2) is 17.2. The first kappa shape index (κ1) is 29.6. The normalized spacial score (nSPS) is 0. The van der Waals surface area contributed by atoms with Crippen molar-refractivity contribution in [1.29, 1.82) is 0 Å². The maximum Gasteiger partial charge on any atom is 0.316 e. The minimum Gasteiger partial charge on any atom is 0 e. The molecule has 0 aromatic rings. The van der Waals surface area contributed by atoms with E-state index in [1.165, 1.54) is 0 Å². The summed E-state index contributed by atoms with van der Waals surface area (Å²) in [5.74, 6) is 0. The van der Waals surface area contributed by atoms with E-state index in [0.717, 1.165) is 0 Å². The molecule has 0 saturated carbocycles.